The maximum absolute atomic E-state index is 12.4. The van der Waals surface area contributed by atoms with E-state index in [1.54, 1.807) is 6.26 Å². The lowest BCUT2D eigenvalue weighted by Gasteiger charge is -2.48. The number of hydrogen-bond acceptors (Lipinski definition) is 3. The highest BCUT2D eigenvalue weighted by Crippen LogP contribution is 2.35. The van der Waals surface area contributed by atoms with E-state index < -0.39 is 0 Å². The lowest BCUT2D eigenvalue weighted by atomic mass is 9.81. The summed E-state index contributed by atoms with van der Waals surface area (Å²) < 4.78 is 5.55. The van der Waals surface area contributed by atoms with Crippen molar-refractivity contribution >= 4 is 11.7 Å². The molecule has 0 aliphatic carbocycles. The van der Waals surface area contributed by atoms with Crippen molar-refractivity contribution in [2.45, 2.75) is 63.7 Å². The van der Waals surface area contributed by atoms with Crippen molar-refractivity contribution in [3.05, 3.63) is 54.0 Å². The molecule has 2 N–H and O–H groups in total. The largest absolute Gasteiger partial charge is 0.468 e. The molecule has 2 aliphatic heterocycles. The maximum Gasteiger partial charge on any atom is 0.319 e. The predicted molar refractivity (Wildman–Crippen MR) is 102 cm³/mol. The fraction of sp³-hybridized carbons (Fsp3) is 0.476. The van der Waals surface area contributed by atoms with Crippen LogP contribution in [0, 0.1) is 6.92 Å². The number of anilines is 1. The number of hydrogen-bond donors (Lipinski definition) is 2. The minimum absolute atomic E-state index is 0.0955. The highest BCUT2D eigenvalue weighted by molar-refractivity contribution is 5.90. The summed E-state index contributed by atoms with van der Waals surface area (Å²) in [6, 6.07) is 13.1. The second-order valence-corrected chi connectivity index (χ2v) is 7.57. The summed E-state index contributed by atoms with van der Waals surface area (Å²) in [5.41, 5.74) is 1.95. The topological polar surface area (TPSA) is 57.5 Å². The van der Waals surface area contributed by atoms with Gasteiger partial charge in [0.05, 0.1) is 12.8 Å². The van der Waals surface area contributed by atoms with E-state index in [0.717, 1.165) is 36.4 Å². The van der Waals surface area contributed by atoms with Gasteiger partial charge in [-0.05, 0) is 56.4 Å². The van der Waals surface area contributed by atoms with Crippen LogP contribution in [0.25, 0.3) is 0 Å². The number of carbonyl (C=O) groups is 1. The molecule has 5 heteroatoms. The Balaban J connectivity index is 1.36. The van der Waals surface area contributed by atoms with Crippen LogP contribution in [-0.4, -0.2) is 29.1 Å². The number of para-hydroxylation sites is 1. The molecule has 1 aromatic carbocycles. The van der Waals surface area contributed by atoms with Crippen molar-refractivity contribution in [3.8, 4) is 0 Å². The van der Waals surface area contributed by atoms with E-state index >= 15 is 0 Å². The molecule has 138 valence electrons. The van der Waals surface area contributed by atoms with Crippen LogP contribution in [0.15, 0.2) is 47.1 Å². The molecule has 2 fully saturated rings. The van der Waals surface area contributed by atoms with E-state index in [4.69, 9.17) is 4.42 Å². The number of rotatable bonds is 4. The SMILES string of the molecule is Cc1ccccc1NC(=O)NC1C[C@H]2CCC[C@@H](C1)N2Cc1ccco1. The molecule has 0 spiro atoms. The Labute approximate surface area is 154 Å². The standard InChI is InChI=1S/C21H27N3O2/c1-15-6-2-3-10-20(15)23-21(25)22-16-12-17-7-4-8-18(13-16)24(17)14-19-9-5-11-26-19/h2-3,5-6,9-11,16-18H,4,7-8,12-14H2,1H3,(H2,22,23,25)/t16?,17-,18+. The Bertz CT molecular complexity index is 729. The highest BCUT2D eigenvalue weighted by Gasteiger charge is 2.38. The van der Waals surface area contributed by atoms with Crippen LogP contribution in [0.2, 0.25) is 0 Å². The number of nitrogens with one attached hydrogen (secondary N) is 2. The summed E-state index contributed by atoms with van der Waals surface area (Å²) in [5.74, 6) is 1.03. The molecular weight excluding hydrogens is 326 g/mol. The number of aryl methyl sites for hydroxylation is 1. The molecule has 4 rings (SSSR count). The summed E-state index contributed by atoms with van der Waals surface area (Å²) >= 11 is 0. The zero-order chi connectivity index (χ0) is 17.9. The first-order chi connectivity index (χ1) is 12.7. The lowest BCUT2D eigenvalue weighted by Crippen LogP contribution is -2.56. The van der Waals surface area contributed by atoms with Crippen LogP contribution < -0.4 is 10.6 Å². The third kappa shape index (κ3) is 3.78. The molecule has 2 saturated heterocycles. The Kier molecular flexibility index (Phi) is 4.98. The molecule has 2 amide bonds. The summed E-state index contributed by atoms with van der Waals surface area (Å²) in [6.45, 7) is 2.89. The Hall–Kier alpha value is -2.27. The highest BCUT2D eigenvalue weighted by atomic mass is 16.3. The third-order valence-corrected chi connectivity index (χ3v) is 5.77. The number of piperidine rings is 2. The average molecular weight is 353 g/mol. The Morgan fingerprint density at radius 2 is 1.92 bits per heavy atom. The Morgan fingerprint density at radius 3 is 2.62 bits per heavy atom. The molecule has 3 heterocycles. The van der Waals surface area contributed by atoms with Crippen LogP contribution in [0.1, 0.15) is 43.4 Å². The van der Waals surface area contributed by atoms with Crippen LogP contribution in [0.3, 0.4) is 0 Å². The van der Waals surface area contributed by atoms with Gasteiger partial charge in [-0.25, -0.2) is 4.79 Å². The molecule has 0 saturated carbocycles. The van der Waals surface area contributed by atoms with Crippen molar-refractivity contribution in [3.63, 3.8) is 0 Å². The van der Waals surface area contributed by atoms with Gasteiger partial charge in [-0.2, -0.15) is 0 Å². The molecule has 1 aromatic heterocycles. The van der Waals surface area contributed by atoms with Crippen LogP contribution >= 0.6 is 0 Å². The number of urea groups is 1. The first kappa shape index (κ1) is 17.2. The third-order valence-electron chi connectivity index (χ3n) is 5.77. The summed E-state index contributed by atoms with van der Waals surface area (Å²) in [6.07, 6.45) is 7.46. The number of carbonyl (C=O) groups excluding carboxylic acids is 1. The molecule has 26 heavy (non-hydrogen) atoms. The van der Waals surface area contributed by atoms with Gasteiger partial charge in [-0.15, -0.1) is 0 Å². The van der Waals surface area contributed by atoms with Crippen LogP contribution in [0.4, 0.5) is 10.5 Å². The van der Waals surface area contributed by atoms with E-state index in [2.05, 4.69) is 21.6 Å². The monoisotopic (exact) mass is 353 g/mol. The predicted octanol–water partition coefficient (Wildman–Crippen LogP) is 4.30. The van der Waals surface area contributed by atoms with Crippen LogP contribution in [-0.2, 0) is 6.54 Å². The van der Waals surface area contributed by atoms with Crippen LogP contribution in [0.5, 0.6) is 0 Å². The number of benzene rings is 1. The summed E-state index contributed by atoms with van der Waals surface area (Å²) in [5, 5.41) is 6.19. The second kappa shape index (κ2) is 7.54. The molecule has 0 radical (unpaired) electrons. The zero-order valence-corrected chi connectivity index (χ0v) is 15.3. The molecule has 2 aliphatic rings. The van der Waals surface area contributed by atoms with Gasteiger partial charge in [0.25, 0.3) is 0 Å². The van der Waals surface area contributed by atoms with Crippen molar-refractivity contribution in [1.29, 1.82) is 0 Å². The fourth-order valence-electron chi connectivity index (χ4n) is 4.49. The summed E-state index contributed by atoms with van der Waals surface area (Å²) in [4.78, 5) is 15.0. The molecule has 1 unspecified atom stereocenters. The van der Waals surface area contributed by atoms with E-state index in [9.17, 15) is 4.79 Å². The first-order valence-electron chi connectivity index (χ1n) is 9.60. The Morgan fingerprint density at radius 1 is 1.15 bits per heavy atom. The van der Waals surface area contributed by atoms with E-state index in [-0.39, 0.29) is 12.1 Å². The zero-order valence-electron chi connectivity index (χ0n) is 15.3. The van der Waals surface area contributed by atoms with Crippen molar-refractivity contribution in [1.82, 2.24) is 10.2 Å². The molecule has 3 atom stereocenters. The van der Waals surface area contributed by atoms with Gasteiger partial charge in [0.2, 0.25) is 0 Å². The van der Waals surface area contributed by atoms with Gasteiger partial charge in [-0.3, -0.25) is 4.90 Å². The smallest absolute Gasteiger partial charge is 0.319 e. The van der Waals surface area contributed by atoms with E-state index in [1.165, 1.54) is 19.3 Å². The molecule has 5 nitrogen and oxygen atoms in total. The minimum atomic E-state index is -0.0955. The molecular formula is C21H27N3O2. The first-order valence-corrected chi connectivity index (χ1v) is 9.60. The van der Waals surface area contributed by atoms with Crippen molar-refractivity contribution < 1.29 is 9.21 Å². The van der Waals surface area contributed by atoms with Crippen molar-refractivity contribution in [2.75, 3.05) is 5.32 Å². The number of amides is 2. The summed E-state index contributed by atoms with van der Waals surface area (Å²) in [7, 11) is 0. The normalized spacial score (nSPS) is 25.7. The molecule has 2 bridgehead atoms. The number of nitrogens with zero attached hydrogens (tertiary/aromatic N) is 1. The minimum Gasteiger partial charge on any atom is -0.468 e. The number of furan rings is 1. The van der Waals surface area contributed by atoms with E-state index in [0.29, 0.717) is 12.1 Å². The maximum atomic E-state index is 12.4. The van der Waals surface area contributed by atoms with Gasteiger partial charge in [0.15, 0.2) is 0 Å². The average Bonchev–Trinajstić information content (AvgIpc) is 3.11. The van der Waals surface area contributed by atoms with Crippen molar-refractivity contribution in [2.24, 2.45) is 0 Å². The molecule has 2 aromatic rings. The number of fused-ring (bicyclic) bond motifs is 2. The quantitative estimate of drug-likeness (QED) is 0.862. The van der Waals surface area contributed by atoms with E-state index in [1.807, 2.05) is 37.3 Å². The van der Waals surface area contributed by atoms with Gasteiger partial charge < -0.3 is 15.1 Å². The van der Waals surface area contributed by atoms with Gasteiger partial charge >= 0.3 is 6.03 Å². The van der Waals surface area contributed by atoms with Gasteiger partial charge in [0.1, 0.15) is 5.76 Å². The lowest BCUT2D eigenvalue weighted by molar-refractivity contribution is 0.0150. The van der Waals surface area contributed by atoms with Gasteiger partial charge in [-0.1, -0.05) is 24.6 Å². The van der Waals surface area contributed by atoms with Gasteiger partial charge in [0, 0.05) is 23.8 Å². The second-order valence-electron chi connectivity index (χ2n) is 7.57. The fourth-order valence-corrected chi connectivity index (χ4v) is 4.49.